The van der Waals surface area contributed by atoms with E-state index in [9.17, 15) is 9.59 Å². The van der Waals surface area contributed by atoms with Gasteiger partial charge in [-0.25, -0.2) is 9.59 Å². The molecule has 2 unspecified atom stereocenters. The van der Waals surface area contributed by atoms with Gasteiger partial charge in [0.15, 0.2) is 0 Å². The molecule has 2 amide bonds. The molecule has 0 aliphatic carbocycles. The molecule has 2 N–H and O–H groups in total. The van der Waals surface area contributed by atoms with Crippen molar-refractivity contribution in [2.45, 2.75) is 26.8 Å². The molecule has 1 fully saturated rings. The molecular formula is C14H20N2O4. The monoisotopic (exact) mass is 280 g/mol. The van der Waals surface area contributed by atoms with Crippen LogP contribution in [-0.2, 0) is 6.54 Å². The van der Waals surface area contributed by atoms with Gasteiger partial charge < -0.3 is 19.7 Å². The lowest BCUT2D eigenvalue weighted by Crippen LogP contribution is -2.46. The number of hydrogen-bond donors (Lipinski definition) is 2. The van der Waals surface area contributed by atoms with E-state index in [-0.39, 0.29) is 18.3 Å². The Kier molecular flexibility index (Phi) is 4.32. The lowest BCUT2D eigenvalue weighted by atomic mass is 9.89. The van der Waals surface area contributed by atoms with Crippen LogP contribution >= 0.6 is 0 Å². The minimum Gasteiger partial charge on any atom is -0.475 e. The van der Waals surface area contributed by atoms with Gasteiger partial charge in [0.25, 0.3) is 0 Å². The zero-order valence-electron chi connectivity index (χ0n) is 11.8. The number of carboxylic acid groups (broad SMARTS) is 1. The predicted octanol–water partition coefficient (Wildman–Crippen LogP) is 2.17. The van der Waals surface area contributed by atoms with Gasteiger partial charge in [0.1, 0.15) is 5.76 Å². The maximum Gasteiger partial charge on any atom is 0.371 e. The fourth-order valence-electron chi connectivity index (χ4n) is 2.31. The molecule has 1 aromatic heterocycles. The summed E-state index contributed by atoms with van der Waals surface area (Å²) in [6.07, 6.45) is 1.01. The van der Waals surface area contributed by atoms with E-state index in [2.05, 4.69) is 19.2 Å². The molecule has 0 radical (unpaired) electrons. The Labute approximate surface area is 117 Å². The molecule has 0 aromatic carbocycles. The Morgan fingerprint density at radius 1 is 1.40 bits per heavy atom. The number of carbonyl (C=O) groups excluding carboxylic acids is 1. The third-order valence-corrected chi connectivity index (χ3v) is 3.91. The number of urea groups is 1. The Hall–Kier alpha value is -1.98. The van der Waals surface area contributed by atoms with Gasteiger partial charge in [0.2, 0.25) is 5.76 Å². The number of carbonyl (C=O) groups is 2. The first kappa shape index (κ1) is 14.4. The van der Waals surface area contributed by atoms with Crippen molar-refractivity contribution in [3.63, 3.8) is 0 Å². The molecule has 110 valence electrons. The number of carboxylic acids is 1. The highest BCUT2D eigenvalue weighted by Crippen LogP contribution is 2.22. The molecule has 2 rings (SSSR count). The minimum atomic E-state index is -1.11. The Balaban J connectivity index is 1.84. The number of likely N-dealkylation sites (tertiary alicyclic amines) is 1. The number of nitrogens with zero attached hydrogens (tertiary/aromatic N) is 1. The average molecular weight is 280 g/mol. The van der Waals surface area contributed by atoms with Crippen molar-refractivity contribution in [3.8, 4) is 0 Å². The summed E-state index contributed by atoms with van der Waals surface area (Å²) in [4.78, 5) is 24.5. The summed E-state index contributed by atoms with van der Waals surface area (Å²) < 4.78 is 5.09. The Morgan fingerprint density at radius 2 is 2.15 bits per heavy atom. The molecule has 1 aliphatic heterocycles. The van der Waals surface area contributed by atoms with E-state index in [1.807, 2.05) is 0 Å². The van der Waals surface area contributed by atoms with E-state index in [0.717, 1.165) is 19.5 Å². The van der Waals surface area contributed by atoms with E-state index in [1.165, 1.54) is 6.07 Å². The number of furan rings is 1. The molecule has 1 saturated heterocycles. The number of rotatable bonds is 3. The zero-order chi connectivity index (χ0) is 14.7. The molecule has 0 bridgehead atoms. The van der Waals surface area contributed by atoms with Crippen molar-refractivity contribution >= 4 is 12.0 Å². The van der Waals surface area contributed by atoms with Gasteiger partial charge >= 0.3 is 12.0 Å². The molecule has 1 aromatic rings. The highest BCUT2D eigenvalue weighted by atomic mass is 16.4. The van der Waals surface area contributed by atoms with E-state index < -0.39 is 5.97 Å². The van der Waals surface area contributed by atoms with E-state index in [1.54, 1.807) is 11.0 Å². The molecule has 2 atom stereocenters. The first-order valence-corrected chi connectivity index (χ1v) is 6.82. The van der Waals surface area contributed by atoms with Gasteiger partial charge in [-0.3, -0.25) is 0 Å². The summed E-state index contributed by atoms with van der Waals surface area (Å²) in [5, 5.41) is 11.5. The van der Waals surface area contributed by atoms with Crippen molar-refractivity contribution in [1.29, 1.82) is 0 Å². The van der Waals surface area contributed by atoms with Crippen molar-refractivity contribution in [2.24, 2.45) is 11.8 Å². The van der Waals surface area contributed by atoms with Crippen molar-refractivity contribution in [3.05, 3.63) is 23.7 Å². The lowest BCUT2D eigenvalue weighted by molar-refractivity contribution is 0.0660. The largest absolute Gasteiger partial charge is 0.475 e. The van der Waals surface area contributed by atoms with Crippen LogP contribution < -0.4 is 5.32 Å². The van der Waals surface area contributed by atoms with Gasteiger partial charge in [-0.05, 0) is 30.4 Å². The quantitative estimate of drug-likeness (QED) is 0.888. The summed E-state index contributed by atoms with van der Waals surface area (Å²) in [7, 11) is 0. The smallest absolute Gasteiger partial charge is 0.371 e. The molecule has 6 nitrogen and oxygen atoms in total. The number of nitrogens with one attached hydrogen (secondary N) is 1. The molecule has 6 heteroatoms. The topological polar surface area (TPSA) is 82.8 Å². The minimum absolute atomic E-state index is 0.116. The third kappa shape index (κ3) is 3.31. The van der Waals surface area contributed by atoms with Gasteiger partial charge in [-0.15, -0.1) is 0 Å². The average Bonchev–Trinajstić information content (AvgIpc) is 2.88. The van der Waals surface area contributed by atoms with Gasteiger partial charge in [-0.2, -0.15) is 0 Å². The van der Waals surface area contributed by atoms with Gasteiger partial charge in [0, 0.05) is 13.1 Å². The highest BCUT2D eigenvalue weighted by Gasteiger charge is 2.25. The lowest BCUT2D eigenvalue weighted by Gasteiger charge is -2.35. The normalized spacial score (nSPS) is 22.6. The zero-order valence-corrected chi connectivity index (χ0v) is 11.8. The van der Waals surface area contributed by atoms with Crippen LogP contribution in [0.2, 0.25) is 0 Å². The van der Waals surface area contributed by atoms with Crippen LogP contribution in [0.4, 0.5) is 4.79 Å². The van der Waals surface area contributed by atoms with Gasteiger partial charge in [0.05, 0.1) is 6.54 Å². The van der Waals surface area contributed by atoms with Crippen LogP contribution in [0.3, 0.4) is 0 Å². The summed E-state index contributed by atoms with van der Waals surface area (Å²) >= 11 is 0. The summed E-state index contributed by atoms with van der Waals surface area (Å²) in [5.41, 5.74) is 0. The maximum absolute atomic E-state index is 12.0. The van der Waals surface area contributed by atoms with Crippen LogP contribution in [0.15, 0.2) is 16.5 Å². The molecule has 1 aliphatic rings. The molecule has 20 heavy (non-hydrogen) atoms. The van der Waals surface area contributed by atoms with Crippen LogP contribution in [-0.4, -0.2) is 35.1 Å². The second-order valence-electron chi connectivity index (χ2n) is 5.42. The fraction of sp³-hybridized carbons (Fsp3) is 0.571. The van der Waals surface area contributed by atoms with Crippen molar-refractivity contribution < 1.29 is 19.1 Å². The summed E-state index contributed by atoms with van der Waals surface area (Å²) in [5.74, 6) is 0.351. The number of amides is 2. The van der Waals surface area contributed by atoms with Crippen LogP contribution in [0.1, 0.15) is 36.6 Å². The molecule has 2 heterocycles. The van der Waals surface area contributed by atoms with E-state index in [0.29, 0.717) is 17.6 Å². The third-order valence-electron chi connectivity index (χ3n) is 3.91. The summed E-state index contributed by atoms with van der Waals surface area (Å²) in [6, 6.07) is 2.82. The number of aromatic carboxylic acids is 1. The predicted molar refractivity (Wildman–Crippen MR) is 72.4 cm³/mol. The Bertz CT molecular complexity index is 497. The second-order valence-corrected chi connectivity index (χ2v) is 5.42. The molecule has 0 saturated carbocycles. The Morgan fingerprint density at radius 3 is 2.75 bits per heavy atom. The number of hydrogen-bond acceptors (Lipinski definition) is 3. The fourth-order valence-corrected chi connectivity index (χ4v) is 2.31. The van der Waals surface area contributed by atoms with Crippen LogP contribution in [0.25, 0.3) is 0 Å². The maximum atomic E-state index is 12.0. The van der Waals surface area contributed by atoms with Crippen LogP contribution in [0.5, 0.6) is 0 Å². The molecular weight excluding hydrogens is 260 g/mol. The SMILES string of the molecule is CC1CCN(C(=O)NCc2ccc(C(=O)O)o2)CC1C. The van der Waals surface area contributed by atoms with E-state index in [4.69, 9.17) is 9.52 Å². The van der Waals surface area contributed by atoms with Crippen molar-refractivity contribution in [1.82, 2.24) is 10.2 Å². The van der Waals surface area contributed by atoms with E-state index >= 15 is 0 Å². The van der Waals surface area contributed by atoms with Gasteiger partial charge in [-0.1, -0.05) is 13.8 Å². The highest BCUT2D eigenvalue weighted by molar-refractivity contribution is 5.84. The molecule has 0 spiro atoms. The first-order valence-electron chi connectivity index (χ1n) is 6.82. The second kappa shape index (κ2) is 5.98. The number of piperidine rings is 1. The standard InChI is InChI=1S/C14H20N2O4/c1-9-5-6-16(8-10(9)2)14(19)15-7-11-3-4-12(20-11)13(17)18/h3-4,9-10H,5-8H2,1-2H3,(H,15,19)(H,17,18). The van der Waals surface area contributed by atoms with Crippen LogP contribution in [0, 0.1) is 11.8 Å². The first-order chi connectivity index (χ1) is 9.47. The summed E-state index contributed by atoms with van der Waals surface area (Å²) in [6.45, 7) is 6.07. The van der Waals surface area contributed by atoms with Crippen molar-refractivity contribution in [2.75, 3.05) is 13.1 Å².